The molecular formula is C18H18ClFN4O6S. The zero-order valence-electron chi connectivity index (χ0n) is 16.1. The maximum absolute atomic E-state index is 13.3. The molecule has 31 heavy (non-hydrogen) atoms. The minimum absolute atomic E-state index is 0.0304. The van der Waals surface area contributed by atoms with Gasteiger partial charge in [0.15, 0.2) is 0 Å². The number of anilines is 2. The van der Waals surface area contributed by atoms with Crippen molar-refractivity contribution in [3.05, 3.63) is 52.9 Å². The lowest BCUT2D eigenvalue weighted by molar-refractivity contribution is -0.175. The van der Waals surface area contributed by atoms with E-state index in [1.54, 1.807) is 0 Å². The minimum Gasteiger partial charge on any atom is -0.407 e. The van der Waals surface area contributed by atoms with Gasteiger partial charge in [-0.15, -0.1) is 0 Å². The van der Waals surface area contributed by atoms with Gasteiger partial charge in [0.25, 0.3) is 11.7 Å². The maximum Gasteiger partial charge on any atom is 0.410 e. The number of pyridine rings is 1. The topological polar surface area (TPSA) is 138 Å². The summed E-state index contributed by atoms with van der Waals surface area (Å²) in [5.41, 5.74) is 0.639. The molecule has 1 aliphatic rings. The lowest BCUT2D eigenvalue weighted by Gasteiger charge is -2.22. The smallest absolute Gasteiger partial charge is 0.407 e. The highest BCUT2D eigenvalue weighted by Crippen LogP contribution is 2.29. The normalized spacial score (nSPS) is 18.7. The number of hydrogen-bond acceptors (Lipinski definition) is 7. The maximum atomic E-state index is 13.3. The average molecular weight is 473 g/mol. The van der Waals surface area contributed by atoms with Crippen LogP contribution in [0.4, 0.5) is 20.7 Å². The van der Waals surface area contributed by atoms with E-state index in [0.29, 0.717) is 5.56 Å². The summed E-state index contributed by atoms with van der Waals surface area (Å²) in [6, 6.07) is 6.49. The Hall–Kier alpha value is -2.96. The predicted molar refractivity (Wildman–Crippen MR) is 109 cm³/mol. The summed E-state index contributed by atoms with van der Waals surface area (Å²) in [7, 11) is -3.51. The largest absolute Gasteiger partial charge is 0.410 e. The van der Waals surface area contributed by atoms with Crippen LogP contribution in [-0.4, -0.2) is 49.1 Å². The first kappa shape index (κ1) is 22.7. The van der Waals surface area contributed by atoms with Crippen molar-refractivity contribution in [1.29, 1.82) is 0 Å². The Morgan fingerprint density at radius 1 is 1.39 bits per heavy atom. The molecular weight excluding hydrogens is 455 g/mol. The van der Waals surface area contributed by atoms with E-state index in [9.17, 15) is 27.5 Å². The van der Waals surface area contributed by atoms with Gasteiger partial charge in [-0.25, -0.2) is 22.6 Å². The molecule has 1 aromatic carbocycles. The second-order valence-electron chi connectivity index (χ2n) is 6.79. The fourth-order valence-electron chi connectivity index (χ4n) is 2.90. The van der Waals surface area contributed by atoms with Crippen molar-refractivity contribution in [2.45, 2.75) is 18.8 Å². The third-order valence-corrected chi connectivity index (χ3v) is 5.02. The van der Waals surface area contributed by atoms with E-state index in [1.807, 2.05) is 0 Å². The quantitative estimate of drug-likeness (QED) is 0.543. The summed E-state index contributed by atoms with van der Waals surface area (Å²) in [6.45, 7) is -0.105. The summed E-state index contributed by atoms with van der Waals surface area (Å²) in [5.74, 6) is -3.81. The van der Waals surface area contributed by atoms with Gasteiger partial charge in [0, 0.05) is 24.5 Å². The number of sulfonamides is 1. The monoisotopic (exact) mass is 472 g/mol. The molecule has 2 heterocycles. The standard InChI is InChI=1S/C18H18ClFN4O6S/c1-31(28,29)23-15-3-2-14(10-21-15)24-5-4-18(27,16(24)25)30-17(26)22-9-11-6-12(19)8-13(20)7-11/h2-3,6-8,10,27H,4-5,9H2,1H3,(H,21,23)(H,22,26). The highest BCUT2D eigenvalue weighted by Gasteiger charge is 2.49. The Balaban J connectivity index is 1.61. The number of nitrogens with zero attached hydrogens (tertiary/aromatic N) is 2. The molecule has 13 heteroatoms. The molecule has 1 fully saturated rings. The number of rotatable bonds is 6. The Bertz CT molecular complexity index is 1090. The predicted octanol–water partition coefficient (Wildman–Crippen LogP) is 1.60. The second-order valence-corrected chi connectivity index (χ2v) is 8.97. The molecule has 166 valence electrons. The summed E-state index contributed by atoms with van der Waals surface area (Å²) in [5, 5.41) is 13.0. The van der Waals surface area contributed by atoms with Crippen molar-refractivity contribution >= 4 is 45.1 Å². The van der Waals surface area contributed by atoms with Gasteiger partial charge in [0.1, 0.15) is 11.6 Å². The molecule has 1 aliphatic heterocycles. The molecule has 1 saturated heterocycles. The number of alkyl carbamates (subject to hydrolysis) is 1. The van der Waals surface area contributed by atoms with Gasteiger partial charge >= 0.3 is 6.09 Å². The number of benzene rings is 1. The van der Waals surface area contributed by atoms with Crippen molar-refractivity contribution < 1.29 is 32.2 Å². The van der Waals surface area contributed by atoms with E-state index in [-0.39, 0.29) is 36.0 Å². The minimum atomic E-state index is -3.51. The third-order valence-electron chi connectivity index (χ3n) is 4.22. The molecule has 3 N–H and O–H groups in total. The molecule has 0 saturated carbocycles. The van der Waals surface area contributed by atoms with E-state index < -0.39 is 33.6 Å². The van der Waals surface area contributed by atoms with Crippen LogP contribution in [0.3, 0.4) is 0 Å². The van der Waals surface area contributed by atoms with Gasteiger partial charge in [0.05, 0.1) is 18.1 Å². The van der Waals surface area contributed by atoms with Crippen LogP contribution >= 0.6 is 11.6 Å². The first-order valence-electron chi connectivity index (χ1n) is 8.85. The van der Waals surface area contributed by atoms with Gasteiger partial charge in [-0.1, -0.05) is 11.6 Å². The third kappa shape index (κ3) is 5.81. The second kappa shape index (κ2) is 8.65. The van der Waals surface area contributed by atoms with Crippen LogP contribution in [0.2, 0.25) is 5.02 Å². The van der Waals surface area contributed by atoms with Gasteiger partial charge in [0.2, 0.25) is 10.0 Å². The van der Waals surface area contributed by atoms with Gasteiger partial charge in [-0.05, 0) is 35.9 Å². The molecule has 0 spiro atoms. The van der Waals surface area contributed by atoms with E-state index >= 15 is 0 Å². The lowest BCUT2D eigenvalue weighted by atomic mass is 10.2. The summed E-state index contributed by atoms with van der Waals surface area (Å²) < 4.78 is 42.9. The summed E-state index contributed by atoms with van der Waals surface area (Å²) in [6.07, 6.45) is 0.931. The van der Waals surface area contributed by atoms with Crippen LogP contribution in [-0.2, 0) is 26.1 Å². The molecule has 1 aromatic heterocycles. The number of aliphatic hydroxyl groups is 1. The van der Waals surface area contributed by atoms with Crippen LogP contribution in [0.15, 0.2) is 36.5 Å². The number of ether oxygens (including phenoxy) is 1. The molecule has 0 aliphatic carbocycles. The van der Waals surface area contributed by atoms with E-state index in [1.165, 1.54) is 30.5 Å². The van der Waals surface area contributed by atoms with Crippen LogP contribution < -0.4 is 14.9 Å². The number of halogens is 2. The van der Waals surface area contributed by atoms with Crippen molar-refractivity contribution in [3.8, 4) is 0 Å². The average Bonchev–Trinajstić information content (AvgIpc) is 2.93. The highest BCUT2D eigenvalue weighted by atomic mass is 35.5. The summed E-state index contributed by atoms with van der Waals surface area (Å²) >= 11 is 5.75. The number of carbonyl (C=O) groups is 2. The van der Waals surface area contributed by atoms with Gasteiger partial charge in [-0.3, -0.25) is 9.52 Å². The fraction of sp³-hybridized carbons (Fsp3) is 0.278. The Morgan fingerprint density at radius 3 is 2.74 bits per heavy atom. The van der Waals surface area contributed by atoms with E-state index in [4.69, 9.17) is 16.3 Å². The molecule has 1 unspecified atom stereocenters. The van der Waals surface area contributed by atoms with Crippen molar-refractivity contribution in [1.82, 2.24) is 10.3 Å². The van der Waals surface area contributed by atoms with Crippen molar-refractivity contribution in [2.75, 3.05) is 22.4 Å². The first-order valence-corrected chi connectivity index (χ1v) is 11.1. The molecule has 10 nitrogen and oxygen atoms in total. The first-order chi connectivity index (χ1) is 14.4. The van der Waals surface area contributed by atoms with Crippen LogP contribution in [0.5, 0.6) is 0 Å². The number of nitrogens with one attached hydrogen (secondary N) is 2. The SMILES string of the molecule is CS(=O)(=O)Nc1ccc(N2CCC(O)(OC(=O)NCc3cc(F)cc(Cl)c3)C2=O)cn1. The molecule has 2 amide bonds. The molecule has 0 bridgehead atoms. The number of aromatic nitrogens is 1. The van der Waals surface area contributed by atoms with Crippen LogP contribution in [0.25, 0.3) is 0 Å². The van der Waals surface area contributed by atoms with E-state index in [0.717, 1.165) is 17.2 Å². The van der Waals surface area contributed by atoms with Gasteiger partial charge in [-0.2, -0.15) is 0 Å². The number of amides is 2. The molecule has 2 aromatic rings. The number of carbonyl (C=O) groups excluding carboxylic acids is 2. The van der Waals surface area contributed by atoms with E-state index in [2.05, 4.69) is 15.0 Å². The lowest BCUT2D eigenvalue weighted by Crippen LogP contribution is -2.46. The van der Waals surface area contributed by atoms with Gasteiger partial charge < -0.3 is 20.1 Å². The summed E-state index contributed by atoms with van der Waals surface area (Å²) in [4.78, 5) is 29.7. The zero-order valence-corrected chi connectivity index (χ0v) is 17.7. The fourth-order valence-corrected chi connectivity index (χ4v) is 3.64. The molecule has 1 atom stereocenters. The highest BCUT2D eigenvalue weighted by molar-refractivity contribution is 7.92. The number of hydrogen-bond donors (Lipinski definition) is 3. The molecule has 3 rings (SSSR count). The van der Waals surface area contributed by atoms with Crippen LogP contribution in [0, 0.1) is 5.82 Å². The van der Waals surface area contributed by atoms with Crippen molar-refractivity contribution in [3.63, 3.8) is 0 Å². The zero-order chi connectivity index (χ0) is 22.8. The Labute approximate surface area is 182 Å². The molecule has 0 radical (unpaired) electrons. The van der Waals surface area contributed by atoms with Crippen LogP contribution in [0.1, 0.15) is 12.0 Å². The Morgan fingerprint density at radius 2 is 2.13 bits per heavy atom. The Kier molecular flexibility index (Phi) is 6.34. The van der Waals surface area contributed by atoms with Crippen molar-refractivity contribution in [2.24, 2.45) is 0 Å².